The fraction of sp³-hybridized carbons (Fsp3) is 0.692. The molecule has 2 aliphatic rings. The monoisotopic (exact) mass is 248 g/mol. The van der Waals surface area contributed by atoms with Gasteiger partial charge in [0.2, 0.25) is 0 Å². The molecule has 2 heterocycles. The van der Waals surface area contributed by atoms with Gasteiger partial charge in [0.05, 0.1) is 0 Å². The van der Waals surface area contributed by atoms with E-state index in [-0.39, 0.29) is 5.56 Å². The highest BCUT2D eigenvalue weighted by Crippen LogP contribution is 2.23. The fourth-order valence-corrected chi connectivity index (χ4v) is 2.60. The summed E-state index contributed by atoms with van der Waals surface area (Å²) in [5, 5.41) is 3.55. The molecule has 0 amide bonds. The van der Waals surface area contributed by atoms with E-state index in [1.54, 1.807) is 24.0 Å². The van der Waals surface area contributed by atoms with Crippen molar-refractivity contribution in [1.82, 2.24) is 14.9 Å². The third kappa shape index (κ3) is 2.27. The second kappa shape index (κ2) is 4.72. The van der Waals surface area contributed by atoms with Gasteiger partial charge in [-0.05, 0) is 25.7 Å². The number of aryl methyl sites for hydroxylation is 1. The lowest BCUT2D eigenvalue weighted by molar-refractivity contribution is 0.566. The van der Waals surface area contributed by atoms with Gasteiger partial charge in [-0.2, -0.15) is 0 Å². The Hall–Kier alpha value is -1.36. The van der Waals surface area contributed by atoms with Gasteiger partial charge in [0.25, 0.3) is 5.56 Å². The number of rotatable bonds is 4. The standard InChI is InChI=1S/C13H20N4O/c1-16-8-6-14-12(13(16)18)17-7-2-3-11(17)9-15-10-4-5-10/h6,8,10-11,15H,2-5,7,9H2,1H3. The molecule has 1 saturated heterocycles. The quantitative estimate of drug-likeness (QED) is 0.843. The molecular weight excluding hydrogens is 228 g/mol. The van der Waals surface area contributed by atoms with Gasteiger partial charge in [-0.25, -0.2) is 4.98 Å². The van der Waals surface area contributed by atoms with Crippen molar-refractivity contribution in [2.75, 3.05) is 18.0 Å². The Balaban J connectivity index is 1.76. The van der Waals surface area contributed by atoms with Crippen LogP contribution >= 0.6 is 0 Å². The van der Waals surface area contributed by atoms with Crippen molar-refractivity contribution < 1.29 is 0 Å². The summed E-state index contributed by atoms with van der Waals surface area (Å²) in [6.07, 6.45) is 8.33. The highest BCUT2D eigenvalue weighted by atomic mass is 16.1. The zero-order chi connectivity index (χ0) is 12.5. The summed E-state index contributed by atoms with van der Waals surface area (Å²) >= 11 is 0. The number of nitrogens with one attached hydrogen (secondary N) is 1. The molecule has 0 aromatic carbocycles. The molecule has 18 heavy (non-hydrogen) atoms. The Kier molecular flexibility index (Phi) is 3.07. The molecule has 1 aliphatic carbocycles. The second-order valence-electron chi connectivity index (χ2n) is 5.34. The van der Waals surface area contributed by atoms with Gasteiger partial charge in [-0.1, -0.05) is 0 Å². The van der Waals surface area contributed by atoms with Crippen LogP contribution in [0.5, 0.6) is 0 Å². The minimum absolute atomic E-state index is 0.0100. The van der Waals surface area contributed by atoms with Crippen LogP contribution in [0.2, 0.25) is 0 Å². The van der Waals surface area contributed by atoms with Crippen molar-refractivity contribution in [2.45, 2.75) is 37.8 Å². The minimum atomic E-state index is 0.0100. The summed E-state index contributed by atoms with van der Waals surface area (Å²) in [5.41, 5.74) is 0.0100. The average molecular weight is 248 g/mol. The van der Waals surface area contributed by atoms with E-state index in [9.17, 15) is 4.79 Å². The normalized spacial score (nSPS) is 23.6. The van der Waals surface area contributed by atoms with Crippen molar-refractivity contribution in [2.24, 2.45) is 7.05 Å². The van der Waals surface area contributed by atoms with Crippen molar-refractivity contribution in [3.63, 3.8) is 0 Å². The number of hydrogen-bond donors (Lipinski definition) is 1. The molecule has 1 aromatic rings. The van der Waals surface area contributed by atoms with Crippen LogP contribution in [-0.4, -0.2) is 34.7 Å². The predicted molar refractivity (Wildman–Crippen MR) is 70.9 cm³/mol. The van der Waals surface area contributed by atoms with Crippen molar-refractivity contribution in [3.05, 3.63) is 22.7 Å². The smallest absolute Gasteiger partial charge is 0.293 e. The molecule has 0 radical (unpaired) electrons. The van der Waals surface area contributed by atoms with Crippen molar-refractivity contribution >= 4 is 5.82 Å². The highest BCUT2D eigenvalue weighted by molar-refractivity contribution is 5.38. The van der Waals surface area contributed by atoms with Crippen LogP contribution in [0.25, 0.3) is 0 Å². The van der Waals surface area contributed by atoms with Gasteiger partial charge in [0, 0.05) is 44.6 Å². The largest absolute Gasteiger partial charge is 0.348 e. The van der Waals surface area contributed by atoms with E-state index in [0.29, 0.717) is 11.9 Å². The molecule has 0 bridgehead atoms. The zero-order valence-electron chi connectivity index (χ0n) is 10.8. The van der Waals surface area contributed by atoms with E-state index in [1.807, 2.05) is 0 Å². The second-order valence-corrected chi connectivity index (χ2v) is 5.34. The Morgan fingerprint density at radius 2 is 2.28 bits per heavy atom. The van der Waals surface area contributed by atoms with Crippen LogP contribution in [0.15, 0.2) is 17.2 Å². The molecule has 5 nitrogen and oxygen atoms in total. The molecule has 1 saturated carbocycles. The summed E-state index contributed by atoms with van der Waals surface area (Å²) < 4.78 is 1.60. The minimum Gasteiger partial charge on any atom is -0.348 e. The molecule has 0 spiro atoms. The van der Waals surface area contributed by atoms with Gasteiger partial charge >= 0.3 is 0 Å². The first-order valence-electron chi connectivity index (χ1n) is 6.77. The van der Waals surface area contributed by atoms with Crippen LogP contribution in [-0.2, 0) is 7.05 Å². The molecule has 1 N–H and O–H groups in total. The predicted octanol–water partition coefficient (Wildman–Crippen LogP) is 0.501. The summed E-state index contributed by atoms with van der Waals surface area (Å²) in [6, 6.07) is 1.15. The Bertz CT molecular complexity index is 480. The van der Waals surface area contributed by atoms with Crippen LogP contribution in [0, 0.1) is 0 Å². The van der Waals surface area contributed by atoms with Crippen molar-refractivity contribution in [1.29, 1.82) is 0 Å². The molecule has 1 atom stereocenters. The van der Waals surface area contributed by atoms with Gasteiger partial charge in [-0.15, -0.1) is 0 Å². The first-order chi connectivity index (χ1) is 8.75. The Labute approximate surface area is 107 Å². The van der Waals surface area contributed by atoms with E-state index in [2.05, 4.69) is 15.2 Å². The van der Waals surface area contributed by atoms with Gasteiger partial charge in [0.15, 0.2) is 5.82 Å². The molecule has 3 rings (SSSR count). The lowest BCUT2D eigenvalue weighted by Gasteiger charge is -2.25. The van der Waals surface area contributed by atoms with Gasteiger partial charge in [0.1, 0.15) is 0 Å². The summed E-state index contributed by atoms with van der Waals surface area (Å²) in [4.78, 5) is 18.5. The van der Waals surface area contributed by atoms with E-state index in [1.165, 1.54) is 12.8 Å². The van der Waals surface area contributed by atoms with Crippen molar-refractivity contribution in [3.8, 4) is 0 Å². The van der Waals surface area contributed by atoms with Crippen LogP contribution in [0.4, 0.5) is 5.82 Å². The first-order valence-corrected chi connectivity index (χ1v) is 6.77. The molecule has 1 aromatic heterocycles. The molecule has 1 unspecified atom stereocenters. The molecule has 5 heteroatoms. The lowest BCUT2D eigenvalue weighted by Crippen LogP contribution is -2.42. The SMILES string of the molecule is Cn1ccnc(N2CCCC2CNC2CC2)c1=O. The number of nitrogens with zero attached hydrogens (tertiary/aromatic N) is 3. The van der Waals surface area contributed by atoms with Gasteiger partial charge < -0.3 is 14.8 Å². The fourth-order valence-electron chi connectivity index (χ4n) is 2.60. The topological polar surface area (TPSA) is 50.2 Å². The van der Waals surface area contributed by atoms with E-state index < -0.39 is 0 Å². The number of anilines is 1. The van der Waals surface area contributed by atoms with E-state index >= 15 is 0 Å². The third-order valence-electron chi connectivity index (χ3n) is 3.87. The highest BCUT2D eigenvalue weighted by Gasteiger charge is 2.29. The Morgan fingerprint density at radius 1 is 1.44 bits per heavy atom. The van der Waals surface area contributed by atoms with Crippen LogP contribution < -0.4 is 15.8 Å². The summed E-state index contributed by atoms with van der Waals surface area (Å²) in [5.74, 6) is 0.611. The number of hydrogen-bond acceptors (Lipinski definition) is 4. The maximum Gasteiger partial charge on any atom is 0.293 e. The molecule has 2 fully saturated rings. The number of aromatic nitrogens is 2. The van der Waals surface area contributed by atoms with Crippen LogP contribution in [0.1, 0.15) is 25.7 Å². The lowest BCUT2D eigenvalue weighted by atomic mass is 10.2. The van der Waals surface area contributed by atoms with E-state index in [4.69, 9.17) is 0 Å². The third-order valence-corrected chi connectivity index (χ3v) is 3.87. The summed E-state index contributed by atoms with van der Waals surface area (Å²) in [7, 11) is 1.78. The summed E-state index contributed by atoms with van der Waals surface area (Å²) in [6.45, 7) is 1.92. The van der Waals surface area contributed by atoms with E-state index in [0.717, 1.165) is 32.0 Å². The zero-order valence-corrected chi connectivity index (χ0v) is 10.8. The van der Waals surface area contributed by atoms with Gasteiger partial charge in [-0.3, -0.25) is 4.79 Å². The maximum absolute atomic E-state index is 12.1. The molecule has 98 valence electrons. The Morgan fingerprint density at radius 3 is 3.06 bits per heavy atom. The molecule has 1 aliphatic heterocycles. The first kappa shape index (κ1) is 11.7. The average Bonchev–Trinajstić information content (AvgIpc) is 3.08. The van der Waals surface area contributed by atoms with Crippen LogP contribution in [0.3, 0.4) is 0 Å². The molecular formula is C13H20N4O. The maximum atomic E-state index is 12.1.